The SMILES string of the molecule is CCNC(=O)NCc1ccc(CN(C(=O)C(c2ccccc2)c2ccccc2)[C@H](CCCNC(=N)N)C(N)=O)cc1. The molecule has 3 aromatic rings. The number of rotatable bonds is 14. The van der Waals surface area contributed by atoms with Crippen molar-refractivity contribution in [3.63, 3.8) is 0 Å². The number of hydrogen-bond acceptors (Lipinski definition) is 4. The summed E-state index contributed by atoms with van der Waals surface area (Å²) in [5.74, 6) is -1.66. The van der Waals surface area contributed by atoms with Crippen molar-refractivity contribution in [3.05, 3.63) is 107 Å². The molecule has 0 bridgehead atoms. The van der Waals surface area contributed by atoms with Gasteiger partial charge in [0, 0.05) is 26.2 Å². The molecule has 0 aliphatic carbocycles. The lowest BCUT2D eigenvalue weighted by Gasteiger charge is -2.33. The largest absolute Gasteiger partial charge is 0.370 e. The number of urea groups is 1. The van der Waals surface area contributed by atoms with E-state index >= 15 is 0 Å². The summed E-state index contributed by atoms with van der Waals surface area (Å²) in [6.07, 6.45) is 0.773. The maximum Gasteiger partial charge on any atom is 0.315 e. The summed E-state index contributed by atoms with van der Waals surface area (Å²) in [6, 6.07) is 25.3. The van der Waals surface area contributed by atoms with Crippen molar-refractivity contribution >= 4 is 23.8 Å². The zero-order valence-corrected chi connectivity index (χ0v) is 23.3. The van der Waals surface area contributed by atoms with Crippen LogP contribution in [0.15, 0.2) is 84.9 Å². The van der Waals surface area contributed by atoms with Gasteiger partial charge in [0.25, 0.3) is 0 Å². The molecule has 0 saturated heterocycles. The molecule has 216 valence electrons. The van der Waals surface area contributed by atoms with Gasteiger partial charge in [-0.15, -0.1) is 0 Å². The zero-order valence-electron chi connectivity index (χ0n) is 23.3. The number of nitrogens with zero attached hydrogens (tertiary/aromatic N) is 1. The first-order valence-electron chi connectivity index (χ1n) is 13.7. The molecule has 0 saturated carbocycles. The fourth-order valence-electron chi connectivity index (χ4n) is 4.61. The van der Waals surface area contributed by atoms with Gasteiger partial charge in [0.1, 0.15) is 6.04 Å². The molecule has 3 rings (SSSR count). The van der Waals surface area contributed by atoms with Gasteiger partial charge in [0.2, 0.25) is 11.8 Å². The molecule has 0 spiro atoms. The molecule has 10 heteroatoms. The van der Waals surface area contributed by atoms with Gasteiger partial charge in [-0.1, -0.05) is 84.9 Å². The minimum Gasteiger partial charge on any atom is -0.370 e. The highest BCUT2D eigenvalue weighted by atomic mass is 16.2. The number of nitrogens with one attached hydrogen (secondary N) is 4. The van der Waals surface area contributed by atoms with E-state index in [1.54, 1.807) is 4.90 Å². The zero-order chi connectivity index (χ0) is 29.6. The van der Waals surface area contributed by atoms with Crippen LogP contribution in [-0.2, 0) is 22.7 Å². The van der Waals surface area contributed by atoms with Crippen molar-refractivity contribution in [3.8, 4) is 0 Å². The van der Waals surface area contributed by atoms with Gasteiger partial charge in [-0.05, 0) is 42.0 Å². The molecular weight excluding hydrogens is 518 g/mol. The second-order valence-corrected chi connectivity index (χ2v) is 9.65. The van der Waals surface area contributed by atoms with E-state index in [1.807, 2.05) is 91.9 Å². The Kier molecular flexibility index (Phi) is 11.7. The van der Waals surface area contributed by atoms with E-state index in [-0.39, 0.29) is 24.4 Å². The average Bonchev–Trinajstić information content (AvgIpc) is 2.97. The summed E-state index contributed by atoms with van der Waals surface area (Å²) in [6.45, 7) is 3.27. The molecular formula is C31H39N7O3. The lowest BCUT2D eigenvalue weighted by molar-refractivity contribution is -0.141. The predicted molar refractivity (Wildman–Crippen MR) is 160 cm³/mol. The topological polar surface area (TPSA) is 166 Å². The fraction of sp³-hybridized carbons (Fsp3) is 0.290. The summed E-state index contributed by atoms with van der Waals surface area (Å²) in [4.78, 5) is 40.6. The number of carbonyl (C=O) groups is 3. The maximum atomic E-state index is 14.4. The van der Waals surface area contributed by atoms with Crippen LogP contribution in [0.2, 0.25) is 0 Å². The number of hydrogen-bond donors (Lipinski definition) is 6. The van der Waals surface area contributed by atoms with E-state index in [4.69, 9.17) is 16.9 Å². The monoisotopic (exact) mass is 557 g/mol. The van der Waals surface area contributed by atoms with Gasteiger partial charge in [-0.2, -0.15) is 0 Å². The van der Waals surface area contributed by atoms with E-state index in [0.29, 0.717) is 32.5 Å². The maximum absolute atomic E-state index is 14.4. The summed E-state index contributed by atoms with van der Waals surface area (Å²) in [7, 11) is 0. The predicted octanol–water partition coefficient (Wildman–Crippen LogP) is 2.78. The molecule has 1 atom stereocenters. The number of carbonyl (C=O) groups excluding carboxylic acids is 3. The van der Waals surface area contributed by atoms with Crippen LogP contribution in [0.4, 0.5) is 4.79 Å². The van der Waals surface area contributed by atoms with Crippen LogP contribution in [-0.4, -0.2) is 47.8 Å². The van der Waals surface area contributed by atoms with Crippen molar-refractivity contribution in [2.24, 2.45) is 11.5 Å². The number of primary amides is 1. The average molecular weight is 558 g/mol. The lowest BCUT2D eigenvalue weighted by atomic mass is 9.89. The molecule has 41 heavy (non-hydrogen) atoms. The van der Waals surface area contributed by atoms with Gasteiger partial charge >= 0.3 is 6.03 Å². The third kappa shape index (κ3) is 9.38. The Morgan fingerprint density at radius 3 is 1.88 bits per heavy atom. The van der Waals surface area contributed by atoms with Crippen LogP contribution >= 0.6 is 0 Å². The Labute approximate surface area is 241 Å². The Balaban J connectivity index is 1.93. The first-order valence-corrected chi connectivity index (χ1v) is 13.7. The molecule has 0 aromatic heterocycles. The number of amides is 4. The fourth-order valence-corrected chi connectivity index (χ4v) is 4.61. The number of benzene rings is 3. The van der Waals surface area contributed by atoms with Crippen LogP contribution in [0.25, 0.3) is 0 Å². The van der Waals surface area contributed by atoms with Crippen LogP contribution in [0.1, 0.15) is 47.9 Å². The standard InChI is InChI=1S/C31H39N7O3/c1-2-35-31(41)37-20-22-15-17-23(18-16-22)21-38(26(28(32)39)14-9-19-36-30(33)34)29(40)27(24-10-5-3-6-11-24)25-12-7-4-8-13-25/h3-8,10-13,15-18,26-27H,2,9,14,19-21H2,1H3,(H2,32,39)(H4,33,34,36)(H2,35,37,41)/t26-/m1/s1. The highest BCUT2D eigenvalue weighted by molar-refractivity contribution is 5.92. The van der Waals surface area contributed by atoms with E-state index in [1.165, 1.54) is 0 Å². The van der Waals surface area contributed by atoms with Crippen molar-refractivity contribution < 1.29 is 14.4 Å². The summed E-state index contributed by atoms with van der Waals surface area (Å²) >= 11 is 0. The third-order valence-electron chi connectivity index (χ3n) is 6.64. The minimum absolute atomic E-state index is 0.159. The first kappa shape index (κ1) is 30.7. The third-order valence-corrected chi connectivity index (χ3v) is 6.64. The van der Waals surface area contributed by atoms with Crippen molar-refractivity contribution in [1.82, 2.24) is 20.9 Å². The minimum atomic E-state index is -0.884. The normalized spacial score (nSPS) is 11.4. The van der Waals surface area contributed by atoms with Gasteiger partial charge in [-0.25, -0.2) is 4.79 Å². The Bertz CT molecular complexity index is 1240. The van der Waals surface area contributed by atoms with Gasteiger partial charge < -0.3 is 32.3 Å². The summed E-state index contributed by atoms with van der Waals surface area (Å²) in [5.41, 5.74) is 14.6. The molecule has 0 aliphatic rings. The van der Waals surface area contributed by atoms with E-state index in [2.05, 4.69) is 16.0 Å². The number of guanidine groups is 1. The molecule has 0 radical (unpaired) electrons. The molecule has 0 unspecified atom stereocenters. The lowest BCUT2D eigenvalue weighted by Crippen LogP contribution is -2.49. The van der Waals surface area contributed by atoms with E-state index in [9.17, 15) is 14.4 Å². The second-order valence-electron chi connectivity index (χ2n) is 9.65. The van der Waals surface area contributed by atoms with Crippen LogP contribution in [0, 0.1) is 5.41 Å². The van der Waals surface area contributed by atoms with E-state index < -0.39 is 17.9 Å². The second kappa shape index (κ2) is 15.7. The molecule has 0 heterocycles. The molecule has 0 aliphatic heterocycles. The van der Waals surface area contributed by atoms with Gasteiger partial charge in [0.15, 0.2) is 5.96 Å². The van der Waals surface area contributed by atoms with Crippen LogP contribution < -0.4 is 27.4 Å². The van der Waals surface area contributed by atoms with Crippen LogP contribution in [0.5, 0.6) is 0 Å². The van der Waals surface area contributed by atoms with E-state index in [0.717, 1.165) is 22.3 Å². The Morgan fingerprint density at radius 2 is 1.37 bits per heavy atom. The summed E-state index contributed by atoms with van der Waals surface area (Å²) in [5, 5.41) is 15.6. The first-order chi connectivity index (χ1) is 19.8. The highest BCUT2D eigenvalue weighted by Gasteiger charge is 2.34. The van der Waals surface area contributed by atoms with Crippen molar-refractivity contribution in [2.45, 2.75) is 44.8 Å². The van der Waals surface area contributed by atoms with Crippen LogP contribution in [0.3, 0.4) is 0 Å². The molecule has 8 N–H and O–H groups in total. The Morgan fingerprint density at radius 1 is 0.805 bits per heavy atom. The van der Waals surface area contributed by atoms with Gasteiger partial charge in [0.05, 0.1) is 5.92 Å². The summed E-state index contributed by atoms with van der Waals surface area (Å²) < 4.78 is 0. The molecule has 10 nitrogen and oxygen atoms in total. The quantitative estimate of drug-likeness (QED) is 0.102. The molecule has 0 fully saturated rings. The van der Waals surface area contributed by atoms with Gasteiger partial charge in [-0.3, -0.25) is 15.0 Å². The van der Waals surface area contributed by atoms with Crippen molar-refractivity contribution in [1.29, 1.82) is 5.41 Å². The Hall–Kier alpha value is -4.86. The smallest absolute Gasteiger partial charge is 0.315 e. The molecule has 4 amide bonds. The number of nitrogens with two attached hydrogens (primary N) is 2. The highest BCUT2D eigenvalue weighted by Crippen LogP contribution is 2.29. The molecule has 3 aromatic carbocycles. The van der Waals surface area contributed by atoms with Crippen molar-refractivity contribution in [2.75, 3.05) is 13.1 Å².